The molecule has 1 atom stereocenters. The van der Waals surface area contributed by atoms with Crippen LogP contribution in [-0.2, 0) is 16.0 Å². The number of methoxy groups -OCH3 is 1. The molecule has 0 radical (unpaired) electrons. The van der Waals surface area contributed by atoms with Gasteiger partial charge in [-0.2, -0.15) is 0 Å². The topological polar surface area (TPSA) is 76.7 Å². The number of carbonyl (C=O) groups is 2. The first kappa shape index (κ1) is 15.9. The van der Waals surface area contributed by atoms with Gasteiger partial charge >= 0.3 is 0 Å². The predicted octanol–water partition coefficient (Wildman–Crippen LogP) is 2.60. The smallest absolute Gasteiger partial charge is 0.265 e. The summed E-state index contributed by atoms with van der Waals surface area (Å²) in [6, 6.07) is 12.5. The molecule has 0 aromatic heterocycles. The molecule has 0 spiro atoms. The highest BCUT2D eigenvalue weighted by Gasteiger charge is 2.23. The number of ether oxygens (including phenoxy) is 2. The molecule has 2 aromatic carbocycles. The molecule has 0 bridgehead atoms. The Morgan fingerprint density at radius 2 is 2.00 bits per heavy atom. The van der Waals surface area contributed by atoms with Crippen molar-refractivity contribution in [1.82, 2.24) is 0 Å². The van der Waals surface area contributed by atoms with Gasteiger partial charge in [-0.15, -0.1) is 0 Å². The maximum absolute atomic E-state index is 12.2. The molecule has 6 nitrogen and oxygen atoms in total. The van der Waals surface area contributed by atoms with Crippen LogP contribution < -0.4 is 20.1 Å². The van der Waals surface area contributed by atoms with E-state index in [-0.39, 0.29) is 18.2 Å². The number of hydrogen-bond donors (Lipinski definition) is 2. The van der Waals surface area contributed by atoms with E-state index in [2.05, 4.69) is 10.6 Å². The van der Waals surface area contributed by atoms with E-state index in [9.17, 15) is 9.59 Å². The molecule has 1 aliphatic rings. The highest BCUT2D eigenvalue weighted by Crippen LogP contribution is 2.32. The number of carbonyl (C=O) groups excluding carboxylic acids is 2. The molecule has 0 saturated heterocycles. The second-order valence-corrected chi connectivity index (χ2v) is 5.53. The van der Waals surface area contributed by atoms with Crippen LogP contribution in [0.3, 0.4) is 0 Å². The third kappa shape index (κ3) is 3.48. The Morgan fingerprint density at radius 3 is 2.71 bits per heavy atom. The minimum Gasteiger partial charge on any atom is -0.497 e. The molecule has 3 rings (SSSR count). The van der Waals surface area contributed by atoms with Gasteiger partial charge in [-0.05, 0) is 42.8 Å². The van der Waals surface area contributed by atoms with Crippen LogP contribution in [0.15, 0.2) is 42.5 Å². The lowest BCUT2D eigenvalue weighted by Gasteiger charge is -2.23. The summed E-state index contributed by atoms with van der Waals surface area (Å²) >= 11 is 0. The van der Waals surface area contributed by atoms with Crippen molar-refractivity contribution in [3.8, 4) is 11.5 Å². The Bertz CT molecular complexity index is 771. The molecule has 0 saturated carbocycles. The van der Waals surface area contributed by atoms with E-state index < -0.39 is 6.10 Å². The molecule has 6 heteroatoms. The van der Waals surface area contributed by atoms with E-state index >= 15 is 0 Å². The zero-order valence-corrected chi connectivity index (χ0v) is 13.5. The molecule has 0 fully saturated rings. The summed E-state index contributed by atoms with van der Waals surface area (Å²) in [6.07, 6.45) is -0.269. The molecule has 2 amide bonds. The van der Waals surface area contributed by atoms with Gasteiger partial charge in [-0.1, -0.05) is 12.1 Å². The number of amides is 2. The van der Waals surface area contributed by atoms with Gasteiger partial charge in [-0.25, -0.2) is 0 Å². The summed E-state index contributed by atoms with van der Waals surface area (Å²) in [4.78, 5) is 23.8. The predicted molar refractivity (Wildman–Crippen MR) is 90.5 cm³/mol. The van der Waals surface area contributed by atoms with E-state index in [1.54, 1.807) is 32.2 Å². The maximum Gasteiger partial charge on any atom is 0.265 e. The quantitative estimate of drug-likeness (QED) is 0.905. The Hall–Kier alpha value is -3.02. The lowest BCUT2D eigenvalue weighted by molar-refractivity contribution is -0.122. The van der Waals surface area contributed by atoms with E-state index in [0.717, 1.165) is 11.3 Å². The van der Waals surface area contributed by atoms with Gasteiger partial charge < -0.3 is 20.1 Å². The van der Waals surface area contributed by atoms with Crippen molar-refractivity contribution in [2.24, 2.45) is 0 Å². The number of nitrogens with one attached hydrogen (secondary N) is 2. The second-order valence-electron chi connectivity index (χ2n) is 5.53. The van der Waals surface area contributed by atoms with Gasteiger partial charge in [0.15, 0.2) is 6.10 Å². The van der Waals surface area contributed by atoms with E-state index in [1.807, 2.05) is 24.3 Å². The molecule has 1 aliphatic heterocycles. The van der Waals surface area contributed by atoms with Crippen LogP contribution in [0.5, 0.6) is 11.5 Å². The average Bonchev–Trinajstić information content (AvgIpc) is 2.57. The lowest BCUT2D eigenvalue weighted by atomic mass is 10.1. The number of benzene rings is 2. The van der Waals surface area contributed by atoms with Crippen molar-refractivity contribution in [3.63, 3.8) is 0 Å². The van der Waals surface area contributed by atoms with Crippen LogP contribution in [0.1, 0.15) is 12.5 Å². The largest absolute Gasteiger partial charge is 0.497 e. The summed E-state index contributed by atoms with van der Waals surface area (Å²) in [5.41, 5.74) is 2.04. The van der Waals surface area contributed by atoms with Crippen LogP contribution in [0.2, 0.25) is 0 Å². The Balaban J connectivity index is 1.66. The van der Waals surface area contributed by atoms with Crippen LogP contribution in [-0.4, -0.2) is 25.0 Å². The highest BCUT2D eigenvalue weighted by molar-refractivity contribution is 5.99. The van der Waals surface area contributed by atoms with Crippen molar-refractivity contribution in [2.75, 3.05) is 17.7 Å². The van der Waals surface area contributed by atoms with Gasteiger partial charge in [0.05, 0.1) is 19.2 Å². The van der Waals surface area contributed by atoms with Crippen molar-refractivity contribution in [1.29, 1.82) is 0 Å². The molecular weight excluding hydrogens is 308 g/mol. The molecule has 1 heterocycles. The van der Waals surface area contributed by atoms with Crippen molar-refractivity contribution >= 4 is 23.2 Å². The SMILES string of the molecule is COc1ccc(CC(=O)Nc2ccc3c(c2)NC(=O)[C@@H](C)O3)cc1. The molecule has 0 unspecified atom stereocenters. The molecule has 0 aliphatic carbocycles. The Morgan fingerprint density at radius 1 is 1.25 bits per heavy atom. The van der Waals surface area contributed by atoms with Crippen molar-refractivity contribution < 1.29 is 19.1 Å². The molecule has 2 aromatic rings. The number of hydrogen-bond acceptors (Lipinski definition) is 4. The standard InChI is InChI=1S/C18H18N2O4/c1-11-18(22)20-15-10-13(5-8-16(15)24-11)19-17(21)9-12-3-6-14(23-2)7-4-12/h3-8,10-11H,9H2,1-2H3,(H,19,21)(H,20,22)/t11-/m1/s1. The first-order chi connectivity index (χ1) is 11.5. The summed E-state index contributed by atoms with van der Waals surface area (Å²) in [5, 5.41) is 5.57. The second kappa shape index (κ2) is 6.62. The number of anilines is 2. The zero-order chi connectivity index (χ0) is 17.1. The summed E-state index contributed by atoms with van der Waals surface area (Å²) in [7, 11) is 1.60. The van der Waals surface area contributed by atoms with Crippen molar-refractivity contribution in [2.45, 2.75) is 19.4 Å². The van der Waals surface area contributed by atoms with Gasteiger partial charge in [0.2, 0.25) is 5.91 Å². The van der Waals surface area contributed by atoms with E-state index in [4.69, 9.17) is 9.47 Å². The molecular formula is C18H18N2O4. The van der Waals surface area contributed by atoms with Gasteiger partial charge in [0.25, 0.3) is 5.91 Å². The Labute approximate surface area is 139 Å². The fraction of sp³-hybridized carbons (Fsp3) is 0.222. The van der Waals surface area contributed by atoms with Gasteiger partial charge in [0.1, 0.15) is 11.5 Å². The minimum absolute atomic E-state index is 0.142. The summed E-state index contributed by atoms with van der Waals surface area (Å²) in [5.74, 6) is 0.995. The first-order valence-electron chi connectivity index (χ1n) is 7.59. The normalized spacial score (nSPS) is 15.8. The highest BCUT2D eigenvalue weighted by atomic mass is 16.5. The zero-order valence-electron chi connectivity index (χ0n) is 13.5. The van der Waals surface area contributed by atoms with Crippen LogP contribution in [0.4, 0.5) is 11.4 Å². The van der Waals surface area contributed by atoms with Gasteiger partial charge in [0, 0.05) is 5.69 Å². The molecule has 24 heavy (non-hydrogen) atoms. The van der Waals surface area contributed by atoms with Crippen LogP contribution in [0, 0.1) is 0 Å². The van der Waals surface area contributed by atoms with E-state index in [0.29, 0.717) is 17.1 Å². The fourth-order valence-corrected chi connectivity index (χ4v) is 2.42. The number of fused-ring (bicyclic) bond motifs is 1. The van der Waals surface area contributed by atoms with Gasteiger partial charge in [-0.3, -0.25) is 9.59 Å². The molecule has 2 N–H and O–H groups in total. The monoisotopic (exact) mass is 326 g/mol. The lowest BCUT2D eigenvalue weighted by Crippen LogP contribution is -2.34. The summed E-state index contributed by atoms with van der Waals surface area (Å²) < 4.78 is 10.6. The third-order valence-electron chi connectivity index (χ3n) is 3.72. The fourth-order valence-electron chi connectivity index (χ4n) is 2.42. The minimum atomic E-state index is -0.520. The third-order valence-corrected chi connectivity index (χ3v) is 3.72. The Kier molecular flexibility index (Phi) is 4.37. The van der Waals surface area contributed by atoms with E-state index in [1.165, 1.54) is 0 Å². The first-order valence-corrected chi connectivity index (χ1v) is 7.59. The van der Waals surface area contributed by atoms with Crippen molar-refractivity contribution in [3.05, 3.63) is 48.0 Å². The van der Waals surface area contributed by atoms with Crippen LogP contribution in [0.25, 0.3) is 0 Å². The maximum atomic E-state index is 12.2. The van der Waals surface area contributed by atoms with Crippen LogP contribution >= 0.6 is 0 Å². The average molecular weight is 326 g/mol. The molecule has 124 valence electrons. The summed E-state index contributed by atoms with van der Waals surface area (Å²) in [6.45, 7) is 1.68. The number of rotatable bonds is 4.